The highest BCUT2D eigenvalue weighted by Gasteiger charge is 2.14. The Morgan fingerprint density at radius 2 is 1.77 bits per heavy atom. The highest BCUT2D eigenvalue weighted by molar-refractivity contribution is 6.00. The van der Waals surface area contributed by atoms with Crippen molar-refractivity contribution < 1.29 is 9.59 Å². The summed E-state index contributed by atoms with van der Waals surface area (Å²) in [5.74, 6) is -0.882. The summed E-state index contributed by atoms with van der Waals surface area (Å²) in [5.41, 5.74) is 4.92. The minimum atomic E-state index is -0.610. The predicted molar refractivity (Wildman–Crippen MR) is 50.8 cm³/mol. The van der Waals surface area contributed by atoms with Gasteiger partial charge < -0.3 is 11.1 Å². The van der Waals surface area contributed by atoms with Crippen molar-refractivity contribution in [1.29, 1.82) is 0 Å². The van der Waals surface area contributed by atoms with Crippen LogP contribution in [0, 0.1) is 0 Å². The van der Waals surface area contributed by atoms with Crippen LogP contribution in [-0.4, -0.2) is 17.4 Å². The van der Waals surface area contributed by atoms with Gasteiger partial charge in [0.15, 0.2) is 0 Å². The van der Waals surface area contributed by atoms with Crippen molar-refractivity contribution in [2.75, 3.05) is 0 Å². The molecule has 13 heavy (non-hydrogen) atoms. The largest absolute Gasteiger partial charge is 0.366 e. The van der Waals surface area contributed by atoms with Crippen molar-refractivity contribution in [2.45, 2.75) is 33.2 Å². The van der Waals surface area contributed by atoms with Crippen LogP contribution in [0.5, 0.6) is 0 Å². The molecule has 0 atom stereocenters. The first-order valence-corrected chi connectivity index (χ1v) is 4.02. The van der Waals surface area contributed by atoms with Gasteiger partial charge in [-0.1, -0.05) is 0 Å². The Morgan fingerprint density at radius 1 is 1.31 bits per heavy atom. The first-order valence-electron chi connectivity index (χ1n) is 4.02. The molecule has 0 aromatic carbocycles. The van der Waals surface area contributed by atoms with E-state index in [0.717, 1.165) is 6.08 Å². The van der Waals surface area contributed by atoms with E-state index in [1.165, 1.54) is 0 Å². The van der Waals surface area contributed by atoms with Crippen molar-refractivity contribution in [3.8, 4) is 0 Å². The maximum absolute atomic E-state index is 11.3. The van der Waals surface area contributed by atoms with Crippen LogP contribution in [0.4, 0.5) is 0 Å². The number of primary amides is 1. The number of rotatable bonds is 2. The molecule has 0 aliphatic rings. The molecule has 0 heterocycles. The van der Waals surface area contributed by atoms with Crippen LogP contribution in [0.2, 0.25) is 0 Å². The standard InChI is InChI=1S/C9H16N2O2/c1-6(5-7(10)12)8(13)11-9(2,3)4/h5H,1-4H3,(H2,10,12)(H,11,13). The normalized spacial score (nSPS) is 12.5. The molecule has 0 bridgehead atoms. The number of hydrogen-bond acceptors (Lipinski definition) is 2. The molecule has 0 saturated heterocycles. The summed E-state index contributed by atoms with van der Waals surface area (Å²) >= 11 is 0. The van der Waals surface area contributed by atoms with E-state index < -0.39 is 5.91 Å². The van der Waals surface area contributed by atoms with E-state index in [0.29, 0.717) is 5.57 Å². The van der Waals surface area contributed by atoms with Gasteiger partial charge in [-0.2, -0.15) is 0 Å². The smallest absolute Gasteiger partial charge is 0.247 e. The lowest BCUT2D eigenvalue weighted by atomic mass is 10.1. The predicted octanol–water partition coefficient (Wildman–Crippen LogP) is 0.333. The Bertz CT molecular complexity index is 249. The van der Waals surface area contributed by atoms with Crippen molar-refractivity contribution in [3.05, 3.63) is 11.6 Å². The van der Waals surface area contributed by atoms with Crippen molar-refractivity contribution in [1.82, 2.24) is 5.32 Å². The SMILES string of the molecule is CC(=CC(N)=O)C(=O)NC(C)(C)C. The summed E-state index contributed by atoms with van der Waals surface area (Å²) in [7, 11) is 0. The lowest BCUT2D eigenvalue weighted by molar-refractivity contribution is -0.119. The van der Waals surface area contributed by atoms with E-state index in [1.807, 2.05) is 20.8 Å². The summed E-state index contributed by atoms with van der Waals surface area (Å²) in [4.78, 5) is 21.8. The molecule has 74 valence electrons. The third-order valence-electron chi connectivity index (χ3n) is 1.21. The number of hydrogen-bond donors (Lipinski definition) is 2. The molecular weight excluding hydrogens is 168 g/mol. The van der Waals surface area contributed by atoms with Gasteiger partial charge in [0, 0.05) is 17.2 Å². The van der Waals surface area contributed by atoms with Crippen LogP contribution < -0.4 is 11.1 Å². The molecule has 0 unspecified atom stereocenters. The Morgan fingerprint density at radius 3 is 2.08 bits per heavy atom. The van der Waals surface area contributed by atoms with Crippen LogP contribution in [0.3, 0.4) is 0 Å². The summed E-state index contributed by atoms with van der Waals surface area (Å²) in [6.07, 6.45) is 1.11. The third kappa shape index (κ3) is 5.90. The zero-order valence-corrected chi connectivity index (χ0v) is 8.47. The van der Waals surface area contributed by atoms with Gasteiger partial charge in [-0.15, -0.1) is 0 Å². The summed E-state index contributed by atoms with van der Waals surface area (Å²) in [5, 5.41) is 2.71. The lowest BCUT2D eigenvalue weighted by Crippen LogP contribution is -2.41. The highest BCUT2D eigenvalue weighted by Crippen LogP contribution is 2.01. The monoisotopic (exact) mass is 184 g/mol. The molecule has 4 heteroatoms. The fourth-order valence-corrected chi connectivity index (χ4v) is 0.718. The average molecular weight is 184 g/mol. The Balaban J connectivity index is 4.37. The van der Waals surface area contributed by atoms with Crippen molar-refractivity contribution in [2.24, 2.45) is 5.73 Å². The van der Waals surface area contributed by atoms with Gasteiger partial charge in [-0.25, -0.2) is 0 Å². The lowest BCUT2D eigenvalue weighted by Gasteiger charge is -2.20. The van der Waals surface area contributed by atoms with E-state index in [2.05, 4.69) is 5.32 Å². The van der Waals surface area contributed by atoms with Gasteiger partial charge in [-0.3, -0.25) is 9.59 Å². The fraction of sp³-hybridized carbons (Fsp3) is 0.556. The molecule has 0 rings (SSSR count). The topological polar surface area (TPSA) is 72.2 Å². The number of carbonyl (C=O) groups excluding carboxylic acids is 2. The maximum atomic E-state index is 11.3. The molecular formula is C9H16N2O2. The zero-order chi connectivity index (χ0) is 10.6. The molecule has 4 nitrogen and oxygen atoms in total. The molecule has 3 N–H and O–H groups in total. The molecule has 0 spiro atoms. The van der Waals surface area contributed by atoms with Crippen molar-refractivity contribution >= 4 is 11.8 Å². The second kappa shape index (κ2) is 4.07. The molecule has 0 aromatic rings. The maximum Gasteiger partial charge on any atom is 0.247 e. The second-order valence-corrected chi connectivity index (χ2v) is 3.93. The average Bonchev–Trinajstić information content (AvgIpc) is 1.81. The third-order valence-corrected chi connectivity index (χ3v) is 1.21. The first-order chi connectivity index (χ1) is 5.72. The summed E-state index contributed by atoms with van der Waals surface area (Å²) < 4.78 is 0. The van der Waals surface area contributed by atoms with E-state index in [4.69, 9.17) is 5.73 Å². The highest BCUT2D eigenvalue weighted by atomic mass is 16.2. The van der Waals surface area contributed by atoms with Crippen LogP contribution >= 0.6 is 0 Å². The van der Waals surface area contributed by atoms with Crippen LogP contribution in [0.1, 0.15) is 27.7 Å². The minimum Gasteiger partial charge on any atom is -0.366 e. The van der Waals surface area contributed by atoms with E-state index >= 15 is 0 Å². The Hall–Kier alpha value is -1.32. The fourth-order valence-electron chi connectivity index (χ4n) is 0.718. The molecule has 0 aliphatic heterocycles. The van der Waals surface area contributed by atoms with E-state index in [1.54, 1.807) is 6.92 Å². The molecule has 0 radical (unpaired) electrons. The Kier molecular flexibility index (Phi) is 3.66. The van der Waals surface area contributed by atoms with Gasteiger partial charge in [0.2, 0.25) is 11.8 Å². The van der Waals surface area contributed by atoms with Gasteiger partial charge >= 0.3 is 0 Å². The molecule has 0 aliphatic carbocycles. The zero-order valence-electron chi connectivity index (χ0n) is 8.47. The van der Waals surface area contributed by atoms with Crippen molar-refractivity contribution in [3.63, 3.8) is 0 Å². The Labute approximate surface area is 78.2 Å². The molecule has 0 saturated carbocycles. The number of nitrogens with two attached hydrogens (primary N) is 1. The van der Waals surface area contributed by atoms with Gasteiger partial charge in [0.05, 0.1) is 0 Å². The molecule has 0 fully saturated rings. The summed E-state index contributed by atoms with van der Waals surface area (Å²) in [6.45, 7) is 7.14. The summed E-state index contributed by atoms with van der Waals surface area (Å²) in [6, 6.07) is 0. The number of amides is 2. The number of carbonyl (C=O) groups is 2. The van der Waals surface area contributed by atoms with Gasteiger partial charge in [0.1, 0.15) is 0 Å². The van der Waals surface area contributed by atoms with Gasteiger partial charge in [-0.05, 0) is 27.7 Å². The second-order valence-electron chi connectivity index (χ2n) is 3.93. The first kappa shape index (κ1) is 11.7. The molecule has 2 amide bonds. The van der Waals surface area contributed by atoms with E-state index in [-0.39, 0.29) is 11.4 Å². The van der Waals surface area contributed by atoms with E-state index in [9.17, 15) is 9.59 Å². The van der Waals surface area contributed by atoms with Crippen LogP contribution in [0.25, 0.3) is 0 Å². The quantitative estimate of drug-likeness (QED) is 0.607. The van der Waals surface area contributed by atoms with Gasteiger partial charge in [0.25, 0.3) is 0 Å². The van der Waals surface area contributed by atoms with Crippen LogP contribution in [-0.2, 0) is 9.59 Å². The minimum absolute atomic E-state index is 0.272. The molecule has 0 aromatic heterocycles. The number of nitrogens with one attached hydrogen (secondary N) is 1. The van der Waals surface area contributed by atoms with Crippen LogP contribution in [0.15, 0.2) is 11.6 Å².